The van der Waals surface area contributed by atoms with Gasteiger partial charge in [0.25, 0.3) is 0 Å². The summed E-state index contributed by atoms with van der Waals surface area (Å²) in [6.45, 7) is 7.81. The van der Waals surface area contributed by atoms with Crippen molar-refractivity contribution in [3.8, 4) is 0 Å². The van der Waals surface area contributed by atoms with Crippen molar-refractivity contribution in [3.05, 3.63) is 11.9 Å². The SMILES string of the molecule is CC1Cn2ncc(N3CC(C(=O)O)OC3=O)c2CN1C(=O)OC(C)(C)C. The van der Waals surface area contributed by atoms with Crippen LogP contribution >= 0.6 is 0 Å². The van der Waals surface area contributed by atoms with Gasteiger partial charge in [-0.15, -0.1) is 0 Å². The molecule has 2 atom stereocenters. The van der Waals surface area contributed by atoms with E-state index in [1.54, 1.807) is 30.4 Å². The highest BCUT2D eigenvalue weighted by molar-refractivity contribution is 5.94. The molecular formula is C16H22N4O6. The minimum Gasteiger partial charge on any atom is -0.478 e. The molecular weight excluding hydrogens is 344 g/mol. The van der Waals surface area contributed by atoms with E-state index in [4.69, 9.17) is 14.6 Å². The van der Waals surface area contributed by atoms with E-state index in [2.05, 4.69) is 5.10 Å². The Bertz CT molecular complexity index is 752. The Kier molecular flexibility index (Phi) is 4.29. The first-order chi connectivity index (χ1) is 12.1. The summed E-state index contributed by atoms with van der Waals surface area (Å²) in [5.41, 5.74) is 0.460. The van der Waals surface area contributed by atoms with E-state index in [-0.39, 0.29) is 19.1 Å². The molecule has 142 valence electrons. The number of anilines is 1. The van der Waals surface area contributed by atoms with Crippen LogP contribution in [0.25, 0.3) is 0 Å². The Morgan fingerprint density at radius 1 is 1.35 bits per heavy atom. The predicted molar refractivity (Wildman–Crippen MR) is 88.7 cm³/mol. The molecule has 10 nitrogen and oxygen atoms in total. The molecule has 2 aliphatic rings. The number of cyclic esters (lactones) is 1. The van der Waals surface area contributed by atoms with Gasteiger partial charge in [-0.3, -0.25) is 14.5 Å². The molecule has 0 aromatic carbocycles. The zero-order chi connectivity index (χ0) is 19.2. The lowest BCUT2D eigenvalue weighted by molar-refractivity contribution is -0.144. The lowest BCUT2D eigenvalue weighted by Crippen LogP contribution is -2.47. The number of hydrogen-bond donors (Lipinski definition) is 1. The number of carboxylic acid groups (broad SMARTS) is 1. The number of aliphatic carboxylic acids is 1. The smallest absolute Gasteiger partial charge is 0.415 e. The molecule has 26 heavy (non-hydrogen) atoms. The minimum absolute atomic E-state index is 0.102. The molecule has 1 N–H and O–H groups in total. The van der Waals surface area contributed by atoms with Crippen LogP contribution in [0.3, 0.4) is 0 Å². The van der Waals surface area contributed by atoms with E-state index in [0.717, 1.165) is 0 Å². The third-order valence-corrected chi connectivity index (χ3v) is 4.22. The van der Waals surface area contributed by atoms with Gasteiger partial charge < -0.3 is 14.6 Å². The Morgan fingerprint density at radius 3 is 2.62 bits per heavy atom. The van der Waals surface area contributed by atoms with Crippen molar-refractivity contribution in [1.82, 2.24) is 14.7 Å². The molecule has 10 heteroatoms. The number of rotatable bonds is 2. The van der Waals surface area contributed by atoms with Crippen molar-refractivity contribution >= 4 is 23.8 Å². The average molecular weight is 366 g/mol. The van der Waals surface area contributed by atoms with Gasteiger partial charge in [0.15, 0.2) is 0 Å². The van der Waals surface area contributed by atoms with Crippen LogP contribution in [0.15, 0.2) is 6.20 Å². The van der Waals surface area contributed by atoms with Gasteiger partial charge in [-0.2, -0.15) is 5.10 Å². The molecule has 2 aliphatic heterocycles. The second-order valence-corrected chi connectivity index (χ2v) is 7.44. The number of nitrogens with zero attached hydrogens (tertiary/aromatic N) is 4. The third kappa shape index (κ3) is 3.31. The molecule has 1 aromatic heterocycles. The zero-order valence-corrected chi connectivity index (χ0v) is 15.1. The van der Waals surface area contributed by atoms with Crippen molar-refractivity contribution < 1.29 is 29.0 Å². The fourth-order valence-corrected chi connectivity index (χ4v) is 2.97. The molecule has 2 unspecified atom stereocenters. The van der Waals surface area contributed by atoms with Crippen LogP contribution in [-0.4, -0.2) is 62.2 Å². The molecule has 3 heterocycles. The van der Waals surface area contributed by atoms with Gasteiger partial charge in [0.2, 0.25) is 6.10 Å². The number of fused-ring (bicyclic) bond motifs is 1. The summed E-state index contributed by atoms with van der Waals surface area (Å²) in [6.07, 6.45) is -0.916. The summed E-state index contributed by atoms with van der Waals surface area (Å²) in [7, 11) is 0. The van der Waals surface area contributed by atoms with Crippen LogP contribution in [0, 0.1) is 0 Å². The van der Waals surface area contributed by atoms with E-state index >= 15 is 0 Å². The number of amides is 2. The van der Waals surface area contributed by atoms with Crippen LogP contribution in [-0.2, 0) is 27.4 Å². The second kappa shape index (κ2) is 6.19. The van der Waals surface area contributed by atoms with E-state index < -0.39 is 29.9 Å². The number of ether oxygens (including phenoxy) is 2. The minimum atomic E-state index is -1.22. The molecule has 1 aromatic rings. The Balaban J connectivity index is 1.84. The van der Waals surface area contributed by atoms with E-state index in [0.29, 0.717) is 17.9 Å². The third-order valence-electron chi connectivity index (χ3n) is 4.22. The second-order valence-electron chi connectivity index (χ2n) is 7.44. The summed E-state index contributed by atoms with van der Waals surface area (Å²) in [5, 5.41) is 13.3. The molecule has 0 spiro atoms. The first-order valence-corrected chi connectivity index (χ1v) is 8.32. The van der Waals surface area contributed by atoms with Gasteiger partial charge >= 0.3 is 18.2 Å². The fourth-order valence-electron chi connectivity index (χ4n) is 2.97. The van der Waals surface area contributed by atoms with Crippen molar-refractivity contribution in [2.24, 2.45) is 0 Å². The summed E-state index contributed by atoms with van der Waals surface area (Å²) in [4.78, 5) is 38.4. The highest BCUT2D eigenvalue weighted by Gasteiger charge is 2.40. The lowest BCUT2D eigenvalue weighted by Gasteiger charge is -2.35. The van der Waals surface area contributed by atoms with Crippen molar-refractivity contribution in [3.63, 3.8) is 0 Å². The van der Waals surface area contributed by atoms with Crippen molar-refractivity contribution in [1.29, 1.82) is 0 Å². The summed E-state index contributed by atoms with van der Waals surface area (Å²) in [6, 6.07) is -0.137. The highest BCUT2D eigenvalue weighted by atomic mass is 16.6. The van der Waals surface area contributed by atoms with Crippen molar-refractivity contribution in [2.75, 3.05) is 11.4 Å². The normalized spacial score (nSPS) is 22.8. The summed E-state index contributed by atoms with van der Waals surface area (Å²) >= 11 is 0. The molecule has 1 saturated heterocycles. The maximum Gasteiger partial charge on any atom is 0.415 e. The van der Waals surface area contributed by atoms with Crippen LogP contribution in [0.2, 0.25) is 0 Å². The molecule has 0 saturated carbocycles. The van der Waals surface area contributed by atoms with Gasteiger partial charge in [0.05, 0.1) is 43.3 Å². The zero-order valence-electron chi connectivity index (χ0n) is 15.1. The molecule has 0 radical (unpaired) electrons. The summed E-state index contributed by atoms with van der Waals surface area (Å²) < 4.78 is 12.0. The molecule has 0 aliphatic carbocycles. The summed E-state index contributed by atoms with van der Waals surface area (Å²) in [5.74, 6) is -1.20. The Hall–Kier alpha value is -2.78. The van der Waals surface area contributed by atoms with Crippen LogP contribution in [0.1, 0.15) is 33.4 Å². The fraction of sp³-hybridized carbons (Fsp3) is 0.625. The molecule has 1 fully saturated rings. The monoisotopic (exact) mass is 366 g/mol. The number of aromatic nitrogens is 2. The van der Waals surface area contributed by atoms with Gasteiger partial charge in [0, 0.05) is 0 Å². The standard InChI is InChI=1S/C16H22N4O6/c1-9-6-20-11(7-18(9)15(24)26-16(2,3)4)10(5-17-20)19-8-12(13(21)22)25-14(19)23/h5,9,12H,6-8H2,1-4H3,(H,21,22). The van der Waals surface area contributed by atoms with Crippen LogP contribution in [0.4, 0.5) is 15.3 Å². The first-order valence-electron chi connectivity index (χ1n) is 8.32. The topological polar surface area (TPSA) is 114 Å². The average Bonchev–Trinajstić information content (AvgIpc) is 3.07. The quantitative estimate of drug-likeness (QED) is 0.842. The number of hydrogen-bond acceptors (Lipinski definition) is 6. The maximum atomic E-state index is 12.5. The Labute approximate surface area is 150 Å². The largest absolute Gasteiger partial charge is 0.478 e. The Morgan fingerprint density at radius 2 is 2.04 bits per heavy atom. The number of carbonyl (C=O) groups excluding carboxylic acids is 2. The van der Waals surface area contributed by atoms with Crippen LogP contribution in [0.5, 0.6) is 0 Å². The van der Waals surface area contributed by atoms with E-state index in [9.17, 15) is 14.4 Å². The molecule has 3 rings (SSSR count). The first kappa shape index (κ1) is 18.0. The number of carboxylic acids is 1. The van der Waals surface area contributed by atoms with E-state index in [1.165, 1.54) is 11.1 Å². The van der Waals surface area contributed by atoms with E-state index in [1.807, 2.05) is 6.92 Å². The lowest BCUT2D eigenvalue weighted by atomic mass is 10.1. The maximum absolute atomic E-state index is 12.5. The van der Waals surface area contributed by atoms with Gasteiger partial charge in [-0.25, -0.2) is 14.4 Å². The molecule has 0 bridgehead atoms. The van der Waals surface area contributed by atoms with Gasteiger partial charge in [-0.1, -0.05) is 0 Å². The molecule has 2 amide bonds. The van der Waals surface area contributed by atoms with Gasteiger partial charge in [0.1, 0.15) is 5.60 Å². The van der Waals surface area contributed by atoms with Gasteiger partial charge in [-0.05, 0) is 27.7 Å². The predicted octanol–water partition coefficient (Wildman–Crippen LogP) is 1.43. The van der Waals surface area contributed by atoms with Crippen LogP contribution < -0.4 is 4.90 Å². The number of carbonyl (C=O) groups is 3. The van der Waals surface area contributed by atoms with Crippen molar-refractivity contribution in [2.45, 2.75) is 58.5 Å². The highest BCUT2D eigenvalue weighted by Crippen LogP contribution is 2.30.